The molecule has 0 N–H and O–H groups in total. The summed E-state index contributed by atoms with van der Waals surface area (Å²) in [7, 11) is 0. The van der Waals surface area contributed by atoms with Gasteiger partial charge in [-0.15, -0.1) is 0 Å². The highest BCUT2D eigenvalue weighted by Crippen LogP contribution is 1.87. The van der Waals surface area contributed by atoms with Crippen molar-refractivity contribution in [1.29, 1.82) is 0 Å². The van der Waals surface area contributed by atoms with Crippen LogP contribution in [0, 0.1) is 0 Å². The molecule has 0 rings (SSSR count). The van der Waals surface area contributed by atoms with E-state index >= 15 is 0 Å². The highest BCUT2D eigenvalue weighted by Gasteiger charge is 1.81. The van der Waals surface area contributed by atoms with Gasteiger partial charge in [0.1, 0.15) is 13.3 Å². The fraction of sp³-hybridized carbons (Fsp3) is 0.600. The normalized spacial score (nSPS) is 8.29. The van der Waals surface area contributed by atoms with E-state index in [1.165, 1.54) is 0 Å². The van der Waals surface area contributed by atoms with Crippen molar-refractivity contribution in [1.82, 2.24) is 0 Å². The summed E-state index contributed by atoms with van der Waals surface area (Å²) in [5, 5.41) is 0. The van der Waals surface area contributed by atoms with Crippen LogP contribution in [0.5, 0.6) is 0 Å². The maximum absolute atomic E-state index is 11.2. The first-order valence-electron chi connectivity index (χ1n) is 2.11. The second-order valence-corrected chi connectivity index (χ2v) is 1.24. The van der Waals surface area contributed by atoms with Crippen molar-refractivity contribution >= 4 is 0 Å². The Balaban J connectivity index is 2.82. The van der Waals surface area contributed by atoms with E-state index in [0.717, 1.165) is 0 Å². The number of rotatable bonds is 3. The smallest absolute Gasteiger partial charge is 0.123 e. The first-order chi connectivity index (χ1) is 3.27. The quantitative estimate of drug-likeness (QED) is 0.493. The minimum Gasteiger partial charge on any atom is -0.496 e. The molecule has 0 saturated heterocycles. The molecule has 0 spiro atoms. The molecule has 0 unspecified atom stereocenters. The second-order valence-electron chi connectivity index (χ2n) is 1.24. The zero-order chi connectivity index (χ0) is 5.70. The summed E-state index contributed by atoms with van der Waals surface area (Å²) in [5.74, 6) is 0.567. The van der Waals surface area contributed by atoms with Gasteiger partial charge >= 0.3 is 0 Å². The van der Waals surface area contributed by atoms with E-state index < -0.39 is 6.67 Å². The standard InChI is InChI=1S/C5H9FO/c1-5(2)7-4-3-6/h1,3-4H2,2H3. The average molecular weight is 104 g/mol. The van der Waals surface area contributed by atoms with Crippen LogP contribution < -0.4 is 0 Å². The van der Waals surface area contributed by atoms with Crippen LogP contribution in [0.4, 0.5) is 4.39 Å². The molecule has 42 valence electrons. The Labute approximate surface area is 42.8 Å². The summed E-state index contributed by atoms with van der Waals surface area (Å²) in [6.45, 7) is 4.79. The van der Waals surface area contributed by atoms with Crippen molar-refractivity contribution in [2.45, 2.75) is 6.92 Å². The van der Waals surface area contributed by atoms with E-state index in [-0.39, 0.29) is 6.61 Å². The van der Waals surface area contributed by atoms with Crippen LogP contribution in [0.25, 0.3) is 0 Å². The molecule has 0 aromatic rings. The molecule has 0 aliphatic carbocycles. The maximum atomic E-state index is 11.2. The van der Waals surface area contributed by atoms with Crippen LogP contribution in [0.1, 0.15) is 6.92 Å². The van der Waals surface area contributed by atoms with Crippen LogP contribution in [0.2, 0.25) is 0 Å². The van der Waals surface area contributed by atoms with Crippen LogP contribution in [-0.2, 0) is 4.74 Å². The minimum absolute atomic E-state index is 0.134. The maximum Gasteiger partial charge on any atom is 0.123 e. The Kier molecular flexibility index (Phi) is 3.38. The molecule has 0 radical (unpaired) electrons. The van der Waals surface area contributed by atoms with E-state index in [2.05, 4.69) is 11.3 Å². The van der Waals surface area contributed by atoms with Gasteiger partial charge in [-0.25, -0.2) is 4.39 Å². The summed E-state index contributed by atoms with van der Waals surface area (Å²) in [5.41, 5.74) is 0. The zero-order valence-corrected chi connectivity index (χ0v) is 4.41. The largest absolute Gasteiger partial charge is 0.496 e. The molecule has 0 fully saturated rings. The van der Waals surface area contributed by atoms with E-state index in [1.807, 2.05) is 0 Å². The number of hydrogen-bond donors (Lipinski definition) is 0. The molecule has 0 aromatic carbocycles. The monoisotopic (exact) mass is 104 g/mol. The molecule has 0 aliphatic rings. The van der Waals surface area contributed by atoms with Gasteiger partial charge in [-0.2, -0.15) is 0 Å². The summed E-state index contributed by atoms with van der Waals surface area (Å²) >= 11 is 0. The van der Waals surface area contributed by atoms with Crippen molar-refractivity contribution in [3.8, 4) is 0 Å². The minimum atomic E-state index is -0.438. The molecule has 0 aliphatic heterocycles. The Bertz CT molecular complexity index is 61.1. The molecule has 0 saturated carbocycles. The van der Waals surface area contributed by atoms with Gasteiger partial charge in [0.15, 0.2) is 0 Å². The van der Waals surface area contributed by atoms with E-state index in [0.29, 0.717) is 5.76 Å². The highest BCUT2D eigenvalue weighted by molar-refractivity contribution is 4.72. The predicted octanol–water partition coefficient (Wildman–Crippen LogP) is 1.51. The van der Waals surface area contributed by atoms with Gasteiger partial charge in [0.25, 0.3) is 0 Å². The van der Waals surface area contributed by atoms with Gasteiger partial charge in [-0.1, -0.05) is 6.58 Å². The predicted molar refractivity (Wildman–Crippen MR) is 26.7 cm³/mol. The first-order valence-corrected chi connectivity index (χ1v) is 2.11. The number of alkyl halides is 1. The Morgan fingerprint density at radius 2 is 2.43 bits per heavy atom. The van der Waals surface area contributed by atoms with Crippen LogP contribution in [-0.4, -0.2) is 13.3 Å². The zero-order valence-electron chi connectivity index (χ0n) is 4.41. The molecular formula is C5H9FO. The third-order valence-corrected chi connectivity index (χ3v) is 0.426. The lowest BCUT2D eigenvalue weighted by molar-refractivity contribution is 0.190. The molecule has 0 bridgehead atoms. The summed E-state index contributed by atoms with van der Waals surface area (Å²) in [6.07, 6.45) is 0. The van der Waals surface area contributed by atoms with Crippen molar-refractivity contribution < 1.29 is 9.13 Å². The number of ether oxygens (including phenoxy) is 1. The van der Waals surface area contributed by atoms with Crippen molar-refractivity contribution in [2.75, 3.05) is 13.3 Å². The average Bonchev–Trinajstić information content (AvgIpc) is 1.61. The van der Waals surface area contributed by atoms with Gasteiger partial charge in [0.05, 0.1) is 5.76 Å². The van der Waals surface area contributed by atoms with Crippen molar-refractivity contribution in [3.05, 3.63) is 12.3 Å². The molecular weight excluding hydrogens is 95.1 g/mol. The molecule has 0 amide bonds. The number of hydrogen-bond acceptors (Lipinski definition) is 1. The molecule has 7 heavy (non-hydrogen) atoms. The fourth-order valence-corrected chi connectivity index (χ4v) is 0.213. The summed E-state index contributed by atoms with van der Waals surface area (Å²) in [4.78, 5) is 0. The van der Waals surface area contributed by atoms with Gasteiger partial charge < -0.3 is 4.74 Å². The van der Waals surface area contributed by atoms with E-state index in [1.54, 1.807) is 6.92 Å². The number of halogens is 1. The molecule has 0 atom stereocenters. The lowest BCUT2D eigenvalue weighted by atomic mass is 10.6. The number of allylic oxidation sites excluding steroid dienone is 1. The lowest BCUT2D eigenvalue weighted by Crippen LogP contribution is -1.91. The van der Waals surface area contributed by atoms with Crippen LogP contribution in [0.3, 0.4) is 0 Å². The van der Waals surface area contributed by atoms with Gasteiger partial charge in [0, 0.05) is 0 Å². The topological polar surface area (TPSA) is 9.23 Å². The molecule has 0 heterocycles. The van der Waals surface area contributed by atoms with Crippen LogP contribution in [0.15, 0.2) is 12.3 Å². The second kappa shape index (κ2) is 3.65. The summed E-state index contributed by atoms with van der Waals surface area (Å²) < 4.78 is 15.8. The van der Waals surface area contributed by atoms with Crippen molar-refractivity contribution in [3.63, 3.8) is 0 Å². The Hall–Kier alpha value is -0.530. The fourth-order valence-electron chi connectivity index (χ4n) is 0.213. The SMILES string of the molecule is C=C(C)OCCF. The highest BCUT2D eigenvalue weighted by atomic mass is 19.1. The molecule has 2 heteroatoms. The van der Waals surface area contributed by atoms with Gasteiger partial charge in [0.2, 0.25) is 0 Å². The third-order valence-electron chi connectivity index (χ3n) is 0.426. The summed E-state index contributed by atoms with van der Waals surface area (Å²) in [6, 6.07) is 0. The Morgan fingerprint density at radius 3 is 2.57 bits per heavy atom. The third kappa shape index (κ3) is 5.47. The molecule has 1 nitrogen and oxygen atoms in total. The van der Waals surface area contributed by atoms with E-state index in [9.17, 15) is 4.39 Å². The van der Waals surface area contributed by atoms with Crippen molar-refractivity contribution in [2.24, 2.45) is 0 Å². The van der Waals surface area contributed by atoms with Crippen LogP contribution >= 0.6 is 0 Å². The van der Waals surface area contributed by atoms with Gasteiger partial charge in [-0.3, -0.25) is 0 Å². The lowest BCUT2D eigenvalue weighted by Gasteiger charge is -1.97. The van der Waals surface area contributed by atoms with E-state index in [4.69, 9.17) is 0 Å². The van der Waals surface area contributed by atoms with Gasteiger partial charge in [-0.05, 0) is 6.92 Å². The molecule has 0 aromatic heterocycles. The first kappa shape index (κ1) is 6.47. The Morgan fingerprint density at radius 1 is 1.86 bits per heavy atom.